The van der Waals surface area contributed by atoms with Crippen molar-refractivity contribution in [3.63, 3.8) is 0 Å². The van der Waals surface area contributed by atoms with E-state index in [1.807, 2.05) is 30.3 Å². The first kappa shape index (κ1) is 9.15. The Bertz CT molecular complexity index is 420. The summed E-state index contributed by atoms with van der Waals surface area (Å²) < 4.78 is 5.67. The standard InChI is InChI=1S/C10H7BrN2O/c11-9-4-1-8(2-5-9)3-6-10-12-7-14-13-10/h1-7H/b6-3+. The van der Waals surface area contributed by atoms with Crippen LogP contribution in [0.1, 0.15) is 11.4 Å². The monoisotopic (exact) mass is 250 g/mol. The van der Waals surface area contributed by atoms with Crippen LogP contribution in [0, 0.1) is 0 Å². The summed E-state index contributed by atoms with van der Waals surface area (Å²) in [6.45, 7) is 0. The van der Waals surface area contributed by atoms with Crippen LogP contribution in [0.2, 0.25) is 0 Å². The van der Waals surface area contributed by atoms with Gasteiger partial charge in [0.1, 0.15) is 0 Å². The van der Waals surface area contributed by atoms with E-state index in [9.17, 15) is 0 Å². The average molecular weight is 251 g/mol. The normalized spacial score (nSPS) is 10.9. The first-order valence-electron chi connectivity index (χ1n) is 4.04. The van der Waals surface area contributed by atoms with Gasteiger partial charge in [0.15, 0.2) is 5.82 Å². The highest BCUT2D eigenvalue weighted by atomic mass is 79.9. The highest BCUT2D eigenvalue weighted by Gasteiger charge is 1.91. The van der Waals surface area contributed by atoms with Crippen molar-refractivity contribution in [2.45, 2.75) is 0 Å². The third kappa shape index (κ3) is 2.29. The van der Waals surface area contributed by atoms with Gasteiger partial charge in [-0.1, -0.05) is 39.3 Å². The third-order valence-electron chi connectivity index (χ3n) is 1.67. The maximum Gasteiger partial charge on any atom is 0.214 e. The summed E-state index contributed by atoms with van der Waals surface area (Å²) in [5.74, 6) is 0.577. The van der Waals surface area contributed by atoms with Crippen LogP contribution in [0.4, 0.5) is 0 Å². The maximum absolute atomic E-state index is 4.60. The van der Waals surface area contributed by atoms with E-state index in [2.05, 4.69) is 30.6 Å². The highest BCUT2D eigenvalue weighted by molar-refractivity contribution is 9.10. The van der Waals surface area contributed by atoms with E-state index in [-0.39, 0.29) is 0 Å². The summed E-state index contributed by atoms with van der Waals surface area (Å²) in [4.78, 5) is 3.88. The fourth-order valence-electron chi connectivity index (χ4n) is 0.997. The largest absolute Gasteiger partial charge is 0.342 e. The van der Waals surface area contributed by atoms with Gasteiger partial charge in [0.05, 0.1) is 0 Å². The fraction of sp³-hybridized carbons (Fsp3) is 0. The van der Waals surface area contributed by atoms with Crippen LogP contribution in [0.25, 0.3) is 12.2 Å². The zero-order valence-corrected chi connectivity index (χ0v) is 8.81. The second kappa shape index (κ2) is 4.19. The van der Waals surface area contributed by atoms with Gasteiger partial charge in [0.25, 0.3) is 0 Å². The zero-order valence-electron chi connectivity index (χ0n) is 7.22. The smallest absolute Gasteiger partial charge is 0.214 e. The van der Waals surface area contributed by atoms with Crippen molar-refractivity contribution in [3.05, 3.63) is 46.5 Å². The van der Waals surface area contributed by atoms with E-state index in [0.717, 1.165) is 10.0 Å². The van der Waals surface area contributed by atoms with Crippen molar-refractivity contribution < 1.29 is 4.52 Å². The molecule has 0 aliphatic heterocycles. The number of aromatic nitrogens is 2. The van der Waals surface area contributed by atoms with Crippen LogP contribution in [-0.4, -0.2) is 10.1 Å². The van der Waals surface area contributed by atoms with Gasteiger partial charge in [-0.25, -0.2) is 0 Å². The molecular formula is C10H7BrN2O. The number of hydrogen-bond acceptors (Lipinski definition) is 3. The van der Waals surface area contributed by atoms with Crippen molar-refractivity contribution in [2.24, 2.45) is 0 Å². The lowest BCUT2D eigenvalue weighted by molar-refractivity contribution is 0.415. The first-order chi connectivity index (χ1) is 6.84. The van der Waals surface area contributed by atoms with E-state index in [0.29, 0.717) is 5.82 Å². The number of nitrogens with zero attached hydrogens (tertiary/aromatic N) is 2. The molecule has 0 N–H and O–H groups in total. The zero-order chi connectivity index (χ0) is 9.80. The third-order valence-corrected chi connectivity index (χ3v) is 2.20. The molecule has 0 unspecified atom stereocenters. The van der Waals surface area contributed by atoms with E-state index in [4.69, 9.17) is 0 Å². The number of rotatable bonds is 2. The van der Waals surface area contributed by atoms with Crippen molar-refractivity contribution in [1.29, 1.82) is 0 Å². The quantitative estimate of drug-likeness (QED) is 0.823. The van der Waals surface area contributed by atoms with Gasteiger partial charge in [0.2, 0.25) is 6.39 Å². The molecule has 4 heteroatoms. The average Bonchev–Trinajstić information content (AvgIpc) is 2.70. The Morgan fingerprint density at radius 1 is 1.14 bits per heavy atom. The predicted molar refractivity (Wildman–Crippen MR) is 57.4 cm³/mol. The van der Waals surface area contributed by atoms with Crippen molar-refractivity contribution >= 4 is 28.1 Å². The maximum atomic E-state index is 4.60. The lowest BCUT2D eigenvalue weighted by Crippen LogP contribution is -1.74. The SMILES string of the molecule is Brc1ccc(/C=C/c2ncon2)cc1. The van der Waals surface area contributed by atoms with Gasteiger partial charge in [-0.2, -0.15) is 4.98 Å². The lowest BCUT2D eigenvalue weighted by atomic mass is 10.2. The van der Waals surface area contributed by atoms with Crippen LogP contribution in [-0.2, 0) is 0 Å². The van der Waals surface area contributed by atoms with Gasteiger partial charge in [-0.3, -0.25) is 0 Å². The second-order valence-corrected chi connectivity index (χ2v) is 3.59. The fourth-order valence-corrected chi connectivity index (χ4v) is 1.26. The van der Waals surface area contributed by atoms with Gasteiger partial charge in [0, 0.05) is 4.47 Å². The Morgan fingerprint density at radius 3 is 2.57 bits per heavy atom. The predicted octanol–water partition coefficient (Wildman–Crippen LogP) is 3.00. The molecule has 1 aromatic carbocycles. The minimum absolute atomic E-state index is 0.577. The summed E-state index contributed by atoms with van der Waals surface area (Å²) in [6, 6.07) is 7.97. The summed E-state index contributed by atoms with van der Waals surface area (Å²) in [6.07, 6.45) is 5.03. The Labute approximate surface area is 89.6 Å². The molecule has 0 amide bonds. The topological polar surface area (TPSA) is 38.9 Å². The molecule has 1 heterocycles. The summed E-state index contributed by atoms with van der Waals surface area (Å²) in [7, 11) is 0. The molecule has 70 valence electrons. The molecule has 3 nitrogen and oxygen atoms in total. The van der Waals surface area contributed by atoms with Gasteiger partial charge >= 0.3 is 0 Å². The van der Waals surface area contributed by atoms with Crippen LogP contribution < -0.4 is 0 Å². The van der Waals surface area contributed by atoms with Gasteiger partial charge in [-0.15, -0.1) is 0 Å². The van der Waals surface area contributed by atoms with Crippen molar-refractivity contribution in [1.82, 2.24) is 10.1 Å². The molecule has 0 bridgehead atoms. The minimum atomic E-state index is 0.577. The Kier molecular flexibility index (Phi) is 2.74. The summed E-state index contributed by atoms with van der Waals surface area (Å²) in [5, 5.41) is 3.67. The van der Waals surface area contributed by atoms with Crippen LogP contribution in [0.5, 0.6) is 0 Å². The Balaban J connectivity index is 2.15. The van der Waals surface area contributed by atoms with Crippen LogP contribution in [0.15, 0.2) is 39.7 Å². The second-order valence-electron chi connectivity index (χ2n) is 2.67. The lowest BCUT2D eigenvalue weighted by Gasteiger charge is -1.91. The number of halogens is 1. The van der Waals surface area contributed by atoms with E-state index < -0.39 is 0 Å². The summed E-state index contributed by atoms with van der Waals surface area (Å²) in [5.41, 5.74) is 1.10. The number of benzene rings is 1. The molecule has 14 heavy (non-hydrogen) atoms. The highest BCUT2D eigenvalue weighted by Crippen LogP contribution is 2.12. The van der Waals surface area contributed by atoms with Crippen molar-refractivity contribution in [2.75, 3.05) is 0 Å². The minimum Gasteiger partial charge on any atom is -0.342 e. The molecule has 0 aliphatic carbocycles. The van der Waals surface area contributed by atoms with Gasteiger partial charge < -0.3 is 4.52 Å². The van der Waals surface area contributed by atoms with E-state index >= 15 is 0 Å². The first-order valence-corrected chi connectivity index (χ1v) is 4.84. The molecular weight excluding hydrogens is 244 g/mol. The Hall–Kier alpha value is -1.42. The molecule has 2 aromatic rings. The van der Waals surface area contributed by atoms with Crippen LogP contribution in [0.3, 0.4) is 0 Å². The molecule has 0 spiro atoms. The molecule has 2 rings (SSSR count). The number of hydrogen-bond donors (Lipinski definition) is 0. The van der Waals surface area contributed by atoms with Crippen molar-refractivity contribution in [3.8, 4) is 0 Å². The summed E-state index contributed by atoms with van der Waals surface area (Å²) >= 11 is 3.37. The molecule has 0 saturated carbocycles. The molecule has 1 aromatic heterocycles. The van der Waals surface area contributed by atoms with E-state index in [1.54, 1.807) is 6.08 Å². The molecule has 0 aliphatic rings. The van der Waals surface area contributed by atoms with Gasteiger partial charge in [-0.05, 0) is 23.8 Å². The van der Waals surface area contributed by atoms with Crippen LogP contribution >= 0.6 is 15.9 Å². The molecule has 0 fully saturated rings. The molecule has 0 atom stereocenters. The molecule has 0 saturated heterocycles. The Morgan fingerprint density at radius 2 is 1.93 bits per heavy atom. The van der Waals surface area contributed by atoms with E-state index in [1.165, 1.54) is 6.39 Å². The molecule has 0 radical (unpaired) electrons.